The molecule has 32 valence electrons. The van der Waals surface area contributed by atoms with E-state index in [1.54, 1.807) is 0 Å². The third-order valence-corrected chi connectivity index (χ3v) is 0.172. The van der Waals surface area contributed by atoms with Gasteiger partial charge in [0.2, 0.25) is 0 Å². The van der Waals surface area contributed by atoms with E-state index >= 15 is 0 Å². The molecule has 0 heterocycles. The molecule has 0 aromatic rings. The molecule has 0 saturated carbocycles. The molecule has 0 bridgehead atoms. The number of aliphatic hydroxyl groups excluding tert-OH is 1. The van der Waals surface area contributed by atoms with Gasteiger partial charge >= 0.3 is 0 Å². The van der Waals surface area contributed by atoms with Gasteiger partial charge in [0.05, 0.1) is 6.61 Å². The minimum Gasteiger partial charge on any atom is -0.389 e. The Hall–Kier alpha value is -1.37. The van der Waals surface area contributed by atoms with Gasteiger partial charge in [-0.1, -0.05) is 6.58 Å². The molecule has 0 aliphatic heterocycles. The van der Waals surface area contributed by atoms with E-state index in [4.69, 9.17) is 5.11 Å². The van der Waals surface area contributed by atoms with Crippen LogP contribution in [0.2, 0.25) is 0 Å². The van der Waals surface area contributed by atoms with Crippen LogP contribution < -0.4 is 0 Å². The van der Waals surface area contributed by atoms with Crippen LogP contribution in [0.1, 0.15) is 0 Å². The van der Waals surface area contributed by atoms with E-state index in [9.17, 15) is 4.39 Å². The van der Waals surface area contributed by atoms with Crippen LogP contribution in [0.3, 0.4) is 0 Å². The minimum atomic E-state index is -0.690. The summed E-state index contributed by atoms with van der Waals surface area (Å²) >= 11 is 0. The monoisotopic (exact) mass is 343 g/mol. The quantitative estimate of drug-likeness (QED) is 0.734. The van der Waals surface area contributed by atoms with Gasteiger partial charge in [-0.05, 0) is 0 Å². The van der Waals surface area contributed by atoms with Crippen LogP contribution in [0.15, 0.2) is 12.4 Å². The third-order valence-electron chi connectivity index (χ3n) is 0.172. The Balaban J connectivity index is 0. The van der Waals surface area contributed by atoms with Gasteiger partial charge < -0.3 is 5.11 Å². The van der Waals surface area contributed by atoms with E-state index in [-0.39, 0.29) is 0 Å². The number of halogens is 1. The van der Waals surface area contributed by atoms with Crippen molar-refractivity contribution in [3.63, 3.8) is 0 Å². The van der Waals surface area contributed by atoms with Crippen LogP contribution in [-0.4, -0.2) is 11.7 Å². The summed E-state index contributed by atoms with van der Waals surface area (Å²) in [5.74, 6) is -0.690. The second kappa shape index (κ2) is 3.63. The first-order valence-electron chi connectivity index (χ1n) is 1.21. The summed E-state index contributed by atoms with van der Waals surface area (Å²) in [6.07, 6.45) is 0. The summed E-state index contributed by atoms with van der Waals surface area (Å²) in [5.41, 5.74) is 0. The molecule has 0 radical (unpaired) electrons. The van der Waals surface area contributed by atoms with Gasteiger partial charge in [-0.25, -0.2) is 4.39 Å². The van der Waals surface area contributed by atoms with E-state index in [0.29, 0.717) is 0 Å². The molecule has 0 spiro atoms. The average molecular weight is 343 g/mol. The summed E-state index contributed by atoms with van der Waals surface area (Å²) in [4.78, 5) is 0. The van der Waals surface area contributed by atoms with E-state index in [0.717, 1.165) is 0 Å². The first-order chi connectivity index (χ1) is 2.27. The molecule has 0 fully saturated rings. The SMILES string of the molecule is C=C(F)CO.[Rf]. The predicted octanol–water partition coefficient (Wildman–Crippen LogP) is 0.462. The van der Waals surface area contributed by atoms with Crippen molar-refractivity contribution in [3.8, 4) is 0 Å². The van der Waals surface area contributed by atoms with E-state index < -0.39 is 12.4 Å². The summed E-state index contributed by atoms with van der Waals surface area (Å²) in [6.45, 7) is 2.20. The zero-order valence-corrected chi connectivity index (χ0v) is 9.85. The van der Waals surface area contributed by atoms with Gasteiger partial charge in [0, 0.05) is 0 Å². The summed E-state index contributed by atoms with van der Waals surface area (Å²) in [5, 5.41) is 7.67. The van der Waals surface area contributed by atoms with Gasteiger partial charge in [0.25, 0.3) is 0 Å². The van der Waals surface area contributed by atoms with Crippen LogP contribution in [0, 0.1) is 0 Å². The molecular formula is C3H5FORf. The van der Waals surface area contributed by atoms with Crippen molar-refractivity contribution in [2.24, 2.45) is 0 Å². The molecule has 0 aliphatic rings. The van der Waals surface area contributed by atoms with Crippen molar-refractivity contribution in [1.29, 1.82) is 0 Å². The van der Waals surface area contributed by atoms with Gasteiger partial charge in [0.1, 0.15) is 5.83 Å². The Morgan fingerprint density at radius 3 is 2.00 bits per heavy atom. The van der Waals surface area contributed by atoms with Crippen LogP contribution in [-0.2, 0) is 0 Å². The van der Waals surface area contributed by atoms with Gasteiger partial charge in [-0.15, -0.1) is 0 Å². The maximum atomic E-state index is 11.0. The average Bonchev–Trinajstić information content (AvgIpc) is 1.38. The van der Waals surface area contributed by atoms with Crippen molar-refractivity contribution >= 4 is 0 Å². The van der Waals surface area contributed by atoms with Crippen molar-refractivity contribution in [2.45, 2.75) is 0 Å². The standard InChI is InChI=1S/C3H5FO.Rf/c1-3(4)2-5;/h5H,1-2H2;. The Kier molecular flexibility index (Phi) is 5.34. The van der Waals surface area contributed by atoms with E-state index in [1.807, 2.05) is 0 Å². The van der Waals surface area contributed by atoms with Gasteiger partial charge in [0.15, 0.2) is 0 Å². The molecule has 0 amide bonds. The maximum Gasteiger partial charge on any atom is 0.118 e. The number of rotatable bonds is 1. The Labute approximate surface area is 29.7 Å². The first-order valence-corrected chi connectivity index (χ1v) is 1.21. The molecule has 0 rings (SSSR count). The second-order valence-electron chi connectivity index (χ2n) is 0.675. The zero-order valence-electron chi connectivity index (χ0n) is 3.45. The van der Waals surface area contributed by atoms with Crippen molar-refractivity contribution < 1.29 is 9.50 Å². The Bertz CT molecular complexity index is 46.1. The molecule has 1 N–H and O–H groups in total. The first kappa shape index (κ1) is 8.82. The molecule has 6 heavy (non-hydrogen) atoms. The van der Waals surface area contributed by atoms with E-state index in [2.05, 4.69) is 6.58 Å². The largest absolute Gasteiger partial charge is 0.389 e. The van der Waals surface area contributed by atoms with E-state index in [1.165, 1.54) is 0 Å². The van der Waals surface area contributed by atoms with Crippen LogP contribution >= 0.6 is 0 Å². The molecule has 0 aromatic heterocycles. The molecule has 0 unspecified atom stereocenters. The van der Waals surface area contributed by atoms with Gasteiger partial charge in [-0.3, -0.25) is 0 Å². The van der Waals surface area contributed by atoms with Crippen molar-refractivity contribution in [3.05, 3.63) is 12.4 Å². The normalized spacial score (nSPS) is 6.33. The fraction of sp³-hybridized carbons (Fsp3) is 0.333. The number of hydrogen-bond donors (Lipinski definition) is 1. The third kappa shape index (κ3) is 17.6. The minimum absolute atomic E-state index is 0. The fourth-order valence-corrected chi connectivity index (χ4v) is 0. The number of aliphatic hydroxyl groups is 1. The smallest absolute Gasteiger partial charge is 0.118 e. The molecule has 0 aromatic carbocycles. The van der Waals surface area contributed by atoms with Crippen molar-refractivity contribution in [1.82, 2.24) is 0 Å². The topological polar surface area (TPSA) is 20.2 Å². The fourth-order valence-electron chi connectivity index (χ4n) is 0. The molecular weight excluding hydrogens is 338 g/mol. The maximum absolute atomic E-state index is 11.0. The summed E-state index contributed by atoms with van der Waals surface area (Å²) in [6, 6.07) is 0. The summed E-state index contributed by atoms with van der Waals surface area (Å²) in [7, 11) is 0. The molecule has 0 atom stereocenters. The molecule has 0 saturated heterocycles. The van der Waals surface area contributed by atoms with Crippen LogP contribution in [0.5, 0.6) is 0 Å². The second-order valence-corrected chi connectivity index (χ2v) is 0.675. The molecule has 3 heteroatoms. The molecule has 1 nitrogen and oxygen atoms in total. The van der Waals surface area contributed by atoms with Crippen LogP contribution in [0.4, 0.5) is 4.39 Å². The Morgan fingerprint density at radius 2 is 2.00 bits per heavy atom. The predicted molar refractivity (Wildman–Crippen MR) is 17.3 cm³/mol. The Morgan fingerprint density at radius 1 is 1.83 bits per heavy atom. The zero-order chi connectivity index (χ0) is 4.28. The van der Waals surface area contributed by atoms with Crippen molar-refractivity contribution in [2.75, 3.05) is 6.61 Å². The van der Waals surface area contributed by atoms with Gasteiger partial charge in [-0.2, -0.15) is 0 Å². The number of hydrogen-bond acceptors (Lipinski definition) is 1. The summed E-state index contributed by atoms with van der Waals surface area (Å²) < 4.78 is 11.0. The van der Waals surface area contributed by atoms with Crippen LogP contribution in [0.25, 0.3) is 0 Å². The molecule has 0 aliphatic carbocycles.